The molecule has 2 heterocycles. The van der Waals surface area contributed by atoms with Gasteiger partial charge in [-0.2, -0.15) is 0 Å². The molecule has 1 aromatic heterocycles. The number of piperidine rings is 1. The minimum atomic E-state index is -3.44. The summed E-state index contributed by atoms with van der Waals surface area (Å²) < 4.78 is 51.9. The molecule has 210 valence electrons. The number of carbonyl (C=O) groups excluding carboxylic acids is 1. The molecule has 7 nitrogen and oxygen atoms in total. The van der Waals surface area contributed by atoms with Crippen molar-refractivity contribution in [2.45, 2.75) is 75.4 Å². The van der Waals surface area contributed by atoms with Crippen molar-refractivity contribution in [3.63, 3.8) is 0 Å². The maximum absolute atomic E-state index is 15.2. The van der Waals surface area contributed by atoms with E-state index in [2.05, 4.69) is 29.1 Å². The zero-order valence-corrected chi connectivity index (χ0v) is 23.3. The number of fused-ring (bicyclic) bond motifs is 2. The SMILES string of the molecule is Cc1ccccc1-c1noc(C2CC2)c1CO[C@@H]1C[C@@H]2C[C@H]1CN2c1ccc(C(=O)CS(=O)(=O)C2CC2)cc1F. The molecule has 4 fully saturated rings. The average Bonchev–Trinajstić information content (AvgIpc) is 3.85. The van der Waals surface area contributed by atoms with Crippen LogP contribution in [0.4, 0.5) is 10.1 Å². The fourth-order valence-electron chi connectivity index (χ4n) is 6.50. The fraction of sp³-hybridized carbons (Fsp3) is 0.484. The molecule has 40 heavy (non-hydrogen) atoms. The maximum atomic E-state index is 15.2. The van der Waals surface area contributed by atoms with Gasteiger partial charge in [-0.25, -0.2) is 12.8 Å². The molecule has 3 atom stereocenters. The van der Waals surface area contributed by atoms with Crippen LogP contribution in [0.3, 0.4) is 0 Å². The van der Waals surface area contributed by atoms with Gasteiger partial charge in [0.15, 0.2) is 15.6 Å². The quantitative estimate of drug-likeness (QED) is 0.296. The Balaban J connectivity index is 1.02. The Hall–Kier alpha value is -3.04. The Bertz CT molecular complexity index is 1580. The van der Waals surface area contributed by atoms with E-state index in [0.29, 0.717) is 37.6 Å². The van der Waals surface area contributed by atoms with Crippen LogP contribution < -0.4 is 4.90 Å². The van der Waals surface area contributed by atoms with E-state index in [-0.39, 0.29) is 23.6 Å². The highest BCUT2D eigenvalue weighted by Gasteiger charge is 2.46. The molecule has 1 saturated heterocycles. The summed E-state index contributed by atoms with van der Waals surface area (Å²) >= 11 is 0. The minimum Gasteiger partial charge on any atom is -0.373 e. The van der Waals surface area contributed by atoms with Crippen LogP contribution in [0.1, 0.15) is 71.7 Å². The van der Waals surface area contributed by atoms with Crippen LogP contribution >= 0.6 is 0 Å². The van der Waals surface area contributed by atoms with Gasteiger partial charge in [-0.3, -0.25) is 4.79 Å². The van der Waals surface area contributed by atoms with Crippen LogP contribution in [-0.4, -0.2) is 49.1 Å². The number of ketones is 1. The Morgan fingerprint density at radius 1 is 1.12 bits per heavy atom. The maximum Gasteiger partial charge on any atom is 0.177 e. The van der Waals surface area contributed by atoms with Gasteiger partial charge in [0.05, 0.1) is 23.6 Å². The molecule has 3 aliphatic carbocycles. The van der Waals surface area contributed by atoms with E-state index >= 15 is 4.39 Å². The molecule has 0 spiro atoms. The summed E-state index contributed by atoms with van der Waals surface area (Å²) in [6, 6.07) is 12.7. The number of anilines is 1. The van der Waals surface area contributed by atoms with Crippen molar-refractivity contribution in [2.24, 2.45) is 5.92 Å². The lowest BCUT2D eigenvalue weighted by atomic mass is 10.0. The number of hydrogen-bond donors (Lipinski definition) is 0. The lowest BCUT2D eigenvalue weighted by molar-refractivity contribution is 0.0122. The second-order valence-corrected chi connectivity index (χ2v) is 14.2. The summed E-state index contributed by atoms with van der Waals surface area (Å²) in [7, 11) is -3.44. The summed E-state index contributed by atoms with van der Waals surface area (Å²) in [5.41, 5.74) is 4.70. The number of ether oxygens (including phenoxy) is 1. The molecule has 9 heteroatoms. The molecular formula is C31H33FN2O5S. The third-order valence-corrected chi connectivity index (χ3v) is 11.2. The molecule has 0 unspecified atom stereocenters. The van der Waals surface area contributed by atoms with Gasteiger partial charge < -0.3 is 14.2 Å². The third-order valence-electron chi connectivity index (χ3n) is 9.03. The minimum absolute atomic E-state index is 0.0736. The molecule has 3 aromatic rings. The lowest BCUT2D eigenvalue weighted by Crippen LogP contribution is -2.39. The fourth-order valence-corrected chi connectivity index (χ4v) is 8.12. The largest absolute Gasteiger partial charge is 0.373 e. The highest BCUT2D eigenvalue weighted by atomic mass is 32.2. The first-order chi connectivity index (χ1) is 19.3. The molecule has 0 radical (unpaired) electrons. The van der Waals surface area contributed by atoms with Crippen molar-refractivity contribution in [1.29, 1.82) is 0 Å². The summed E-state index contributed by atoms with van der Waals surface area (Å²) in [5, 5.41) is 4.04. The summed E-state index contributed by atoms with van der Waals surface area (Å²) in [6.45, 7) is 3.20. The molecule has 2 bridgehead atoms. The number of rotatable bonds is 10. The zero-order chi connectivity index (χ0) is 27.6. The molecule has 4 aliphatic rings. The molecule has 3 saturated carbocycles. The smallest absolute Gasteiger partial charge is 0.177 e. The molecule has 2 aromatic carbocycles. The van der Waals surface area contributed by atoms with Gasteiger partial charge in [0.25, 0.3) is 0 Å². The van der Waals surface area contributed by atoms with Crippen LogP contribution in [-0.2, 0) is 21.2 Å². The predicted molar refractivity (Wildman–Crippen MR) is 149 cm³/mol. The Morgan fingerprint density at radius 3 is 2.60 bits per heavy atom. The van der Waals surface area contributed by atoms with E-state index in [1.165, 1.54) is 6.07 Å². The highest BCUT2D eigenvalue weighted by Crippen LogP contribution is 2.46. The number of hydrogen-bond acceptors (Lipinski definition) is 7. The van der Waals surface area contributed by atoms with Crippen molar-refractivity contribution in [3.05, 3.63) is 70.7 Å². The van der Waals surface area contributed by atoms with E-state index in [4.69, 9.17) is 9.26 Å². The van der Waals surface area contributed by atoms with Crippen molar-refractivity contribution in [1.82, 2.24) is 5.16 Å². The molecule has 1 aliphatic heterocycles. The molecular weight excluding hydrogens is 531 g/mol. The lowest BCUT2D eigenvalue weighted by Gasteiger charge is -2.33. The number of aryl methyl sites for hydroxylation is 1. The van der Waals surface area contributed by atoms with Crippen LogP contribution in [0.2, 0.25) is 0 Å². The standard InChI is InChI=1S/C31H33FN2O5S/c1-18-4-2-3-5-24(18)30-25(31(39-33-30)19-6-7-19)16-38-29-14-22-12-21(29)15-34(22)27-11-8-20(13-26(27)32)28(35)17-40(36,37)23-9-10-23/h2-5,8,11,13,19,21-23,29H,6-7,9-10,12,14-17H2,1H3/t21-,22-,29+/m0/s1. The predicted octanol–water partition coefficient (Wildman–Crippen LogP) is 5.61. The summed E-state index contributed by atoms with van der Waals surface area (Å²) in [5.74, 6) is 0.0693. The van der Waals surface area contributed by atoms with Gasteiger partial charge in [-0.15, -0.1) is 0 Å². The Morgan fingerprint density at radius 2 is 1.93 bits per heavy atom. The number of Topliss-reactive ketones (excluding diaryl/α,β-unsaturated/α-hetero) is 1. The number of nitrogens with zero attached hydrogens (tertiary/aromatic N) is 2. The number of halogens is 1. The third kappa shape index (κ3) is 4.77. The van der Waals surface area contributed by atoms with E-state index in [9.17, 15) is 13.2 Å². The zero-order valence-electron chi connectivity index (χ0n) is 22.5. The first kappa shape index (κ1) is 25.9. The number of aromatic nitrogens is 1. The van der Waals surface area contributed by atoms with E-state index in [1.54, 1.807) is 12.1 Å². The number of benzene rings is 2. The second-order valence-electron chi connectivity index (χ2n) is 11.9. The van der Waals surface area contributed by atoms with Crippen molar-refractivity contribution >= 4 is 21.3 Å². The highest BCUT2D eigenvalue weighted by molar-refractivity contribution is 7.93. The monoisotopic (exact) mass is 564 g/mol. The normalized spacial score (nSPS) is 24.1. The topological polar surface area (TPSA) is 89.7 Å². The van der Waals surface area contributed by atoms with Crippen molar-refractivity contribution < 1.29 is 26.9 Å². The van der Waals surface area contributed by atoms with E-state index < -0.39 is 32.4 Å². The van der Waals surface area contributed by atoms with Crippen LogP contribution in [0.25, 0.3) is 11.3 Å². The average molecular weight is 565 g/mol. The summed E-state index contributed by atoms with van der Waals surface area (Å²) in [4.78, 5) is 14.6. The number of carbonyl (C=O) groups is 1. The van der Waals surface area contributed by atoms with Gasteiger partial charge in [0, 0.05) is 41.1 Å². The van der Waals surface area contributed by atoms with Crippen molar-refractivity contribution in [2.75, 3.05) is 17.2 Å². The molecule has 0 N–H and O–H groups in total. The van der Waals surface area contributed by atoms with Crippen LogP contribution in [0, 0.1) is 18.7 Å². The van der Waals surface area contributed by atoms with Crippen molar-refractivity contribution in [3.8, 4) is 11.3 Å². The summed E-state index contributed by atoms with van der Waals surface area (Å²) in [6.07, 6.45) is 5.25. The molecule has 7 rings (SSSR count). The van der Waals surface area contributed by atoms with E-state index in [1.807, 2.05) is 12.1 Å². The first-order valence-corrected chi connectivity index (χ1v) is 16.0. The first-order valence-electron chi connectivity index (χ1n) is 14.3. The number of sulfone groups is 1. The Labute approximate surface area is 233 Å². The van der Waals surface area contributed by atoms with E-state index in [0.717, 1.165) is 53.8 Å². The van der Waals surface area contributed by atoms with Gasteiger partial charge in [-0.1, -0.05) is 29.4 Å². The Kier molecular flexibility index (Phi) is 6.35. The van der Waals surface area contributed by atoms with Gasteiger partial charge in [-0.05, 0) is 69.2 Å². The second kappa shape index (κ2) is 9.80. The molecule has 0 amide bonds. The van der Waals surface area contributed by atoms with Gasteiger partial charge >= 0.3 is 0 Å². The van der Waals surface area contributed by atoms with Crippen LogP contribution in [0.5, 0.6) is 0 Å². The van der Waals surface area contributed by atoms with Gasteiger partial charge in [0.1, 0.15) is 23.0 Å². The van der Waals surface area contributed by atoms with Crippen LogP contribution in [0.15, 0.2) is 47.0 Å². The van der Waals surface area contributed by atoms with Gasteiger partial charge in [0.2, 0.25) is 0 Å².